The zero-order valence-electron chi connectivity index (χ0n) is 10.8. The van der Waals surface area contributed by atoms with Crippen molar-refractivity contribution < 1.29 is 9.13 Å². The molecule has 100 valence electrons. The first-order chi connectivity index (χ1) is 9.22. The zero-order chi connectivity index (χ0) is 13.7. The van der Waals surface area contributed by atoms with Crippen LogP contribution in [0.2, 0.25) is 0 Å². The van der Waals surface area contributed by atoms with E-state index in [0.29, 0.717) is 6.54 Å². The van der Waals surface area contributed by atoms with Gasteiger partial charge in [-0.05, 0) is 29.8 Å². The third kappa shape index (κ3) is 3.45. The summed E-state index contributed by atoms with van der Waals surface area (Å²) in [5, 5.41) is 3.31. The van der Waals surface area contributed by atoms with E-state index in [9.17, 15) is 4.39 Å². The van der Waals surface area contributed by atoms with Gasteiger partial charge in [-0.1, -0.05) is 18.2 Å². The lowest BCUT2D eigenvalue weighted by Gasteiger charge is -2.19. The van der Waals surface area contributed by atoms with Crippen LogP contribution in [0.15, 0.2) is 48.5 Å². The molecule has 1 atom stereocenters. The molecule has 0 saturated heterocycles. The van der Waals surface area contributed by atoms with E-state index < -0.39 is 0 Å². The van der Waals surface area contributed by atoms with Crippen molar-refractivity contribution in [2.45, 2.75) is 6.04 Å². The molecular formula is C15H17FN2O. The first-order valence-electron chi connectivity index (χ1n) is 6.09. The molecule has 0 spiro atoms. The number of methoxy groups -OCH3 is 1. The number of nitrogens with two attached hydrogens (primary N) is 1. The number of benzene rings is 2. The number of nitrogens with one attached hydrogen (secondary N) is 1. The molecule has 3 nitrogen and oxygen atoms in total. The maximum Gasteiger partial charge on any atom is 0.123 e. The number of ether oxygens (including phenoxy) is 1. The van der Waals surface area contributed by atoms with Crippen molar-refractivity contribution in [3.8, 4) is 5.75 Å². The standard InChI is InChI=1S/C15H17FN2O/c1-19-14-4-2-3-13(9-14)18-15(10-17)11-5-7-12(16)8-6-11/h2-9,15,18H,10,17H2,1H3. The van der Waals surface area contributed by atoms with Crippen molar-refractivity contribution in [3.63, 3.8) is 0 Å². The van der Waals surface area contributed by atoms with Gasteiger partial charge in [0.1, 0.15) is 11.6 Å². The molecule has 0 fully saturated rings. The van der Waals surface area contributed by atoms with Crippen molar-refractivity contribution in [1.29, 1.82) is 0 Å². The van der Waals surface area contributed by atoms with Crippen LogP contribution in [-0.4, -0.2) is 13.7 Å². The molecule has 0 radical (unpaired) electrons. The van der Waals surface area contributed by atoms with Crippen LogP contribution in [0.3, 0.4) is 0 Å². The molecule has 1 unspecified atom stereocenters. The van der Waals surface area contributed by atoms with Crippen LogP contribution in [-0.2, 0) is 0 Å². The molecular weight excluding hydrogens is 243 g/mol. The molecule has 0 bridgehead atoms. The van der Waals surface area contributed by atoms with Gasteiger partial charge in [-0.3, -0.25) is 0 Å². The van der Waals surface area contributed by atoms with Crippen molar-refractivity contribution in [1.82, 2.24) is 0 Å². The van der Waals surface area contributed by atoms with Gasteiger partial charge in [0.15, 0.2) is 0 Å². The normalized spacial score (nSPS) is 11.9. The molecule has 0 aliphatic heterocycles. The second kappa shape index (κ2) is 6.20. The fourth-order valence-corrected chi connectivity index (χ4v) is 1.89. The third-order valence-corrected chi connectivity index (χ3v) is 2.92. The zero-order valence-corrected chi connectivity index (χ0v) is 10.8. The summed E-state index contributed by atoms with van der Waals surface area (Å²) in [7, 11) is 1.62. The van der Waals surface area contributed by atoms with Crippen LogP contribution in [0.1, 0.15) is 11.6 Å². The number of rotatable bonds is 5. The second-order valence-electron chi connectivity index (χ2n) is 4.22. The highest BCUT2D eigenvalue weighted by molar-refractivity contribution is 5.50. The largest absolute Gasteiger partial charge is 0.497 e. The summed E-state index contributed by atoms with van der Waals surface area (Å²) in [6, 6.07) is 13.9. The maximum absolute atomic E-state index is 12.9. The molecule has 4 heteroatoms. The summed E-state index contributed by atoms with van der Waals surface area (Å²) >= 11 is 0. The molecule has 0 saturated carbocycles. The first-order valence-corrected chi connectivity index (χ1v) is 6.09. The minimum atomic E-state index is -0.249. The summed E-state index contributed by atoms with van der Waals surface area (Å²) < 4.78 is 18.1. The van der Waals surface area contributed by atoms with Crippen LogP contribution in [0, 0.1) is 5.82 Å². The van der Waals surface area contributed by atoms with Gasteiger partial charge in [0.05, 0.1) is 13.2 Å². The van der Waals surface area contributed by atoms with Crippen LogP contribution in [0.5, 0.6) is 5.75 Å². The highest BCUT2D eigenvalue weighted by Crippen LogP contribution is 2.22. The van der Waals surface area contributed by atoms with E-state index in [1.807, 2.05) is 24.3 Å². The van der Waals surface area contributed by atoms with Crippen molar-refractivity contribution in [2.75, 3.05) is 19.0 Å². The second-order valence-corrected chi connectivity index (χ2v) is 4.22. The summed E-state index contributed by atoms with van der Waals surface area (Å²) in [5.41, 5.74) is 7.64. The van der Waals surface area contributed by atoms with Crippen LogP contribution in [0.4, 0.5) is 10.1 Å². The Labute approximate surface area is 112 Å². The lowest BCUT2D eigenvalue weighted by molar-refractivity contribution is 0.415. The molecule has 0 amide bonds. The van der Waals surface area contributed by atoms with E-state index in [4.69, 9.17) is 10.5 Å². The van der Waals surface area contributed by atoms with E-state index in [0.717, 1.165) is 17.0 Å². The van der Waals surface area contributed by atoms with E-state index in [1.165, 1.54) is 12.1 Å². The van der Waals surface area contributed by atoms with Crippen molar-refractivity contribution in [2.24, 2.45) is 5.73 Å². The average Bonchev–Trinajstić information content (AvgIpc) is 2.46. The Balaban J connectivity index is 2.16. The maximum atomic E-state index is 12.9. The Morgan fingerprint density at radius 2 is 1.95 bits per heavy atom. The number of hydrogen-bond acceptors (Lipinski definition) is 3. The number of halogens is 1. The summed E-state index contributed by atoms with van der Waals surface area (Å²) in [6.45, 7) is 0.419. The molecule has 0 aliphatic carbocycles. The molecule has 0 aliphatic rings. The molecule has 2 aromatic rings. The number of anilines is 1. The Morgan fingerprint density at radius 3 is 2.58 bits per heavy atom. The van der Waals surface area contributed by atoms with Gasteiger partial charge in [-0.2, -0.15) is 0 Å². The molecule has 2 rings (SSSR count). The SMILES string of the molecule is COc1cccc(NC(CN)c2ccc(F)cc2)c1. The van der Waals surface area contributed by atoms with Gasteiger partial charge in [-0.15, -0.1) is 0 Å². The van der Waals surface area contributed by atoms with Crippen LogP contribution in [0.25, 0.3) is 0 Å². The molecule has 2 aromatic carbocycles. The highest BCUT2D eigenvalue weighted by atomic mass is 19.1. The van der Waals surface area contributed by atoms with E-state index in [1.54, 1.807) is 19.2 Å². The summed E-state index contributed by atoms with van der Waals surface area (Å²) in [4.78, 5) is 0. The Hall–Kier alpha value is -2.07. The Morgan fingerprint density at radius 1 is 1.21 bits per heavy atom. The van der Waals surface area contributed by atoms with Crippen LogP contribution < -0.4 is 15.8 Å². The fraction of sp³-hybridized carbons (Fsp3) is 0.200. The average molecular weight is 260 g/mol. The highest BCUT2D eigenvalue weighted by Gasteiger charge is 2.09. The Kier molecular flexibility index (Phi) is 4.36. The topological polar surface area (TPSA) is 47.3 Å². The monoisotopic (exact) mass is 260 g/mol. The first kappa shape index (κ1) is 13.4. The van der Waals surface area contributed by atoms with Gasteiger partial charge >= 0.3 is 0 Å². The molecule has 0 heterocycles. The summed E-state index contributed by atoms with van der Waals surface area (Å²) in [5.74, 6) is 0.528. The lowest BCUT2D eigenvalue weighted by atomic mass is 10.1. The summed E-state index contributed by atoms with van der Waals surface area (Å²) in [6.07, 6.45) is 0. The van der Waals surface area contributed by atoms with E-state index in [2.05, 4.69) is 5.32 Å². The van der Waals surface area contributed by atoms with E-state index >= 15 is 0 Å². The predicted molar refractivity (Wildman–Crippen MR) is 74.8 cm³/mol. The van der Waals surface area contributed by atoms with Gasteiger partial charge < -0.3 is 15.8 Å². The predicted octanol–water partition coefficient (Wildman–Crippen LogP) is 2.95. The van der Waals surface area contributed by atoms with Crippen molar-refractivity contribution >= 4 is 5.69 Å². The third-order valence-electron chi connectivity index (χ3n) is 2.92. The quantitative estimate of drug-likeness (QED) is 0.869. The molecule has 3 N–H and O–H groups in total. The minimum Gasteiger partial charge on any atom is -0.497 e. The van der Waals surface area contributed by atoms with Gasteiger partial charge in [0, 0.05) is 18.3 Å². The van der Waals surface area contributed by atoms with Gasteiger partial charge in [0.2, 0.25) is 0 Å². The van der Waals surface area contributed by atoms with Gasteiger partial charge in [-0.25, -0.2) is 4.39 Å². The lowest BCUT2D eigenvalue weighted by Crippen LogP contribution is -2.20. The molecule has 0 aromatic heterocycles. The smallest absolute Gasteiger partial charge is 0.123 e. The van der Waals surface area contributed by atoms with Crippen molar-refractivity contribution in [3.05, 3.63) is 59.9 Å². The van der Waals surface area contributed by atoms with Crippen LogP contribution >= 0.6 is 0 Å². The number of hydrogen-bond donors (Lipinski definition) is 2. The van der Waals surface area contributed by atoms with E-state index in [-0.39, 0.29) is 11.9 Å². The minimum absolute atomic E-state index is 0.0623. The molecule has 19 heavy (non-hydrogen) atoms. The van der Waals surface area contributed by atoms with Gasteiger partial charge in [0.25, 0.3) is 0 Å². The fourth-order valence-electron chi connectivity index (χ4n) is 1.89. The Bertz CT molecular complexity index is 528.